The number of nitrogens with zero attached hydrogens (tertiary/aromatic N) is 1. The number of carbonyl (C=O) groups excluding carboxylic acids is 3. The Kier molecular flexibility index (Phi) is 4.04. The number of thioether (sulfide) groups is 1. The minimum atomic E-state index is -0.369. The van der Waals surface area contributed by atoms with Crippen molar-refractivity contribution in [2.75, 3.05) is 12.3 Å². The number of hydrogen-bond acceptors (Lipinski definition) is 4. The van der Waals surface area contributed by atoms with Crippen LogP contribution in [-0.2, 0) is 4.79 Å². The molecule has 1 heterocycles. The van der Waals surface area contributed by atoms with Crippen molar-refractivity contribution < 1.29 is 14.4 Å². The molecule has 0 aromatic heterocycles. The third kappa shape index (κ3) is 2.73. The van der Waals surface area contributed by atoms with Crippen molar-refractivity contribution in [3.05, 3.63) is 34.9 Å². The number of amides is 2. The molecular weight excluding hydrogens is 274 g/mol. The molecule has 1 aliphatic heterocycles. The number of imide groups is 1. The summed E-state index contributed by atoms with van der Waals surface area (Å²) in [5.74, 6) is -0.155. The van der Waals surface area contributed by atoms with Gasteiger partial charge in [-0.3, -0.25) is 19.3 Å². The molecular formula is C12H10ClNO3S. The number of halogens is 1. The number of benzene rings is 1. The van der Waals surface area contributed by atoms with E-state index in [0.29, 0.717) is 16.3 Å². The lowest BCUT2D eigenvalue weighted by molar-refractivity contribution is -0.127. The van der Waals surface area contributed by atoms with Gasteiger partial charge in [-0.2, -0.15) is 0 Å². The van der Waals surface area contributed by atoms with Gasteiger partial charge in [-0.25, -0.2) is 0 Å². The van der Waals surface area contributed by atoms with E-state index in [2.05, 4.69) is 0 Å². The van der Waals surface area contributed by atoms with Crippen LogP contribution in [0.25, 0.3) is 0 Å². The van der Waals surface area contributed by atoms with Crippen LogP contribution < -0.4 is 0 Å². The zero-order valence-corrected chi connectivity index (χ0v) is 11.0. The molecule has 6 heteroatoms. The molecule has 0 saturated carbocycles. The van der Waals surface area contributed by atoms with Gasteiger partial charge in [-0.15, -0.1) is 0 Å². The normalized spacial score (nSPS) is 15.9. The highest BCUT2D eigenvalue weighted by atomic mass is 35.5. The smallest absolute Gasteiger partial charge is 0.288 e. The molecule has 0 N–H and O–H groups in total. The van der Waals surface area contributed by atoms with Gasteiger partial charge in [0.05, 0.1) is 11.6 Å². The average molecular weight is 284 g/mol. The zero-order valence-electron chi connectivity index (χ0n) is 9.39. The molecule has 4 nitrogen and oxygen atoms in total. The molecule has 0 atom stereocenters. The first-order valence-corrected chi connectivity index (χ1v) is 6.71. The fraction of sp³-hybridized carbons (Fsp3) is 0.250. The summed E-state index contributed by atoms with van der Waals surface area (Å²) in [6, 6.07) is 6.58. The standard InChI is InChI=1S/C12H10ClNO3S/c13-9-4-2-1-3-8(9)10(15)7-14-11(16)5-6-18-12(14)17/h1-4H,5-7H2. The van der Waals surface area contributed by atoms with Gasteiger partial charge in [0.15, 0.2) is 5.78 Å². The van der Waals surface area contributed by atoms with Crippen molar-refractivity contribution in [2.45, 2.75) is 6.42 Å². The molecule has 0 unspecified atom stereocenters. The summed E-state index contributed by atoms with van der Waals surface area (Å²) in [5, 5.41) is -0.0429. The second kappa shape index (κ2) is 5.54. The van der Waals surface area contributed by atoms with Gasteiger partial charge in [0, 0.05) is 17.7 Å². The second-order valence-electron chi connectivity index (χ2n) is 3.75. The molecule has 2 rings (SSSR count). The summed E-state index contributed by atoms with van der Waals surface area (Å²) in [4.78, 5) is 36.1. The molecule has 0 bridgehead atoms. The molecule has 2 amide bonds. The summed E-state index contributed by atoms with van der Waals surface area (Å²) >= 11 is 6.95. The summed E-state index contributed by atoms with van der Waals surface area (Å²) in [6.07, 6.45) is 0.284. The maximum Gasteiger partial charge on any atom is 0.288 e. The lowest BCUT2D eigenvalue weighted by atomic mass is 10.1. The summed E-state index contributed by atoms with van der Waals surface area (Å²) < 4.78 is 0. The Bertz CT molecular complexity index is 502. The molecule has 1 fully saturated rings. The first-order chi connectivity index (χ1) is 8.59. The van der Waals surface area contributed by atoms with Crippen LogP contribution in [0.3, 0.4) is 0 Å². The van der Waals surface area contributed by atoms with E-state index in [4.69, 9.17) is 11.6 Å². The number of Topliss-reactive ketones (excluding diaryl/α,β-unsaturated/α-hetero) is 1. The molecule has 1 saturated heterocycles. The fourth-order valence-corrected chi connectivity index (χ4v) is 2.62. The van der Waals surface area contributed by atoms with Crippen LogP contribution >= 0.6 is 23.4 Å². The minimum Gasteiger partial charge on any atom is -0.292 e. The quantitative estimate of drug-likeness (QED) is 0.800. The van der Waals surface area contributed by atoms with E-state index in [9.17, 15) is 14.4 Å². The number of hydrogen-bond donors (Lipinski definition) is 0. The van der Waals surface area contributed by atoms with Crippen LogP contribution in [0.5, 0.6) is 0 Å². The van der Waals surface area contributed by atoms with E-state index in [0.717, 1.165) is 16.7 Å². The van der Waals surface area contributed by atoms with Gasteiger partial charge >= 0.3 is 0 Å². The molecule has 0 radical (unpaired) electrons. The van der Waals surface area contributed by atoms with Crippen molar-refractivity contribution in [2.24, 2.45) is 0 Å². The van der Waals surface area contributed by atoms with Crippen LogP contribution in [0.1, 0.15) is 16.8 Å². The number of rotatable bonds is 3. The van der Waals surface area contributed by atoms with Crippen LogP contribution in [0.15, 0.2) is 24.3 Å². The van der Waals surface area contributed by atoms with Crippen molar-refractivity contribution in [3.63, 3.8) is 0 Å². The Morgan fingerprint density at radius 1 is 1.33 bits per heavy atom. The maximum absolute atomic E-state index is 12.0. The molecule has 94 valence electrons. The third-order valence-corrected chi connectivity index (χ3v) is 3.74. The highest BCUT2D eigenvalue weighted by Gasteiger charge is 2.29. The fourth-order valence-electron chi connectivity index (χ4n) is 1.61. The zero-order chi connectivity index (χ0) is 13.1. The van der Waals surface area contributed by atoms with E-state index in [-0.39, 0.29) is 29.9 Å². The Balaban J connectivity index is 2.14. The van der Waals surface area contributed by atoms with Gasteiger partial charge in [-0.1, -0.05) is 35.5 Å². The first kappa shape index (κ1) is 13.1. The van der Waals surface area contributed by atoms with Gasteiger partial charge < -0.3 is 0 Å². The molecule has 1 aromatic carbocycles. The summed E-state index contributed by atoms with van der Waals surface area (Å²) in [5.41, 5.74) is 0.329. The van der Waals surface area contributed by atoms with Crippen molar-refractivity contribution in [1.82, 2.24) is 4.90 Å². The van der Waals surface area contributed by atoms with Crippen molar-refractivity contribution in [3.8, 4) is 0 Å². The van der Waals surface area contributed by atoms with E-state index in [1.807, 2.05) is 0 Å². The summed E-state index contributed by atoms with van der Waals surface area (Å²) in [7, 11) is 0. The molecule has 18 heavy (non-hydrogen) atoms. The minimum absolute atomic E-state index is 0.242. The molecule has 0 spiro atoms. The monoisotopic (exact) mass is 283 g/mol. The molecule has 0 aliphatic carbocycles. The van der Waals surface area contributed by atoms with E-state index in [1.54, 1.807) is 24.3 Å². The average Bonchev–Trinajstić information content (AvgIpc) is 2.34. The molecule has 1 aliphatic rings. The maximum atomic E-state index is 12.0. The highest BCUT2D eigenvalue weighted by molar-refractivity contribution is 8.13. The lowest BCUT2D eigenvalue weighted by Gasteiger charge is -2.23. The Morgan fingerprint density at radius 2 is 2.06 bits per heavy atom. The van der Waals surface area contributed by atoms with Crippen molar-refractivity contribution >= 4 is 40.3 Å². The van der Waals surface area contributed by atoms with Gasteiger partial charge in [-0.05, 0) is 12.1 Å². The highest BCUT2D eigenvalue weighted by Crippen LogP contribution is 2.20. The Morgan fingerprint density at radius 3 is 2.72 bits per heavy atom. The Hall–Kier alpha value is -1.33. The van der Waals surface area contributed by atoms with Crippen LogP contribution in [0.2, 0.25) is 5.02 Å². The first-order valence-electron chi connectivity index (χ1n) is 5.34. The topological polar surface area (TPSA) is 54.5 Å². The van der Waals surface area contributed by atoms with Gasteiger partial charge in [0.25, 0.3) is 5.24 Å². The third-order valence-electron chi connectivity index (χ3n) is 2.54. The van der Waals surface area contributed by atoms with E-state index < -0.39 is 0 Å². The number of ketones is 1. The van der Waals surface area contributed by atoms with E-state index in [1.165, 1.54) is 0 Å². The van der Waals surface area contributed by atoms with Gasteiger partial charge in [0.1, 0.15) is 0 Å². The van der Waals surface area contributed by atoms with Gasteiger partial charge in [0.2, 0.25) is 5.91 Å². The lowest BCUT2D eigenvalue weighted by Crippen LogP contribution is -2.41. The second-order valence-corrected chi connectivity index (χ2v) is 5.20. The number of carbonyl (C=O) groups is 3. The van der Waals surface area contributed by atoms with Crippen LogP contribution in [0, 0.1) is 0 Å². The van der Waals surface area contributed by atoms with Crippen LogP contribution in [0.4, 0.5) is 4.79 Å². The predicted octanol–water partition coefficient (Wildman–Crippen LogP) is 2.61. The summed E-state index contributed by atoms with van der Waals surface area (Å²) in [6.45, 7) is -0.242. The van der Waals surface area contributed by atoms with Crippen LogP contribution in [-0.4, -0.2) is 34.1 Å². The SMILES string of the molecule is O=C(CN1C(=O)CCSC1=O)c1ccccc1Cl. The Labute approximate surface area is 113 Å². The molecule has 1 aromatic rings. The largest absolute Gasteiger partial charge is 0.292 e. The predicted molar refractivity (Wildman–Crippen MR) is 70.0 cm³/mol. The van der Waals surface area contributed by atoms with E-state index >= 15 is 0 Å². The van der Waals surface area contributed by atoms with Crippen molar-refractivity contribution in [1.29, 1.82) is 0 Å².